The lowest BCUT2D eigenvalue weighted by Crippen LogP contribution is -2.33. The Labute approximate surface area is 222 Å². The fraction of sp³-hybridized carbons (Fsp3) is 0.355. The molecule has 3 aliphatic heterocycles. The van der Waals surface area contributed by atoms with Gasteiger partial charge in [0.15, 0.2) is 0 Å². The van der Waals surface area contributed by atoms with E-state index in [0.29, 0.717) is 12.0 Å². The minimum Gasteiger partial charge on any atom is -0.493 e. The third kappa shape index (κ3) is 3.97. The van der Waals surface area contributed by atoms with Crippen molar-refractivity contribution in [1.82, 2.24) is 25.1 Å². The molecule has 5 heterocycles. The summed E-state index contributed by atoms with van der Waals surface area (Å²) in [4.78, 5) is 25.4. The smallest absolute Gasteiger partial charge is 0.253 e. The molecular weight excluding hydrogens is 474 g/mol. The monoisotopic (exact) mass is 507 g/mol. The minimum atomic E-state index is 0.101. The third-order valence-corrected chi connectivity index (χ3v) is 8.52. The van der Waals surface area contributed by atoms with Crippen LogP contribution in [0.15, 0.2) is 54.9 Å². The van der Waals surface area contributed by atoms with Crippen LogP contribution in [-0.2, 0) is 6.54 Å². The van der Waals surface area contributed by atoms with E-state index in [-0.39, 0.29) is 5.91 Å². The Kier molecular flexibility index (Phi) is 5.71. The van der Waals surface area contributed by atoms with Crippen molar-refractivity contribution in [3.63, 3.8) is 0 Å². The molecule has 2 atom stereocenters. The summed E-state index contributed by atoms with van der Waals surface area (Å²) in [5.74, 6) is 1.70. The van der Waals surface area contributed by atoms with E-state index in [2.05, 4.69) is 40.4 Å². The topological polar surface area (TPSA) is 73.5 Å². The Morgan fingerprint density at radius 2 is 1.95 bits per heavy atom. The van der Waals surface area contributed by atoms with Crippen LogP contribution in [0.1, 0.15) is 40.2 Å². The summed E-state index contributed by atoms with van der Waals surface area (Å²) >= 11 is 0. The summed E-state index contributed by atoms with van der Waals surface area (Å²) < 4.78 is 6.13. The van der Waals surface area contributed by atoms with Gasteiger partial charge < -0.3 is 24.8 Å². The van der Waals surface area contributed by atoms with E-state index < -0.39 is 0 Å². The number of hydrogen-bond donors (Lipinski definition) is 2. The normalized spacial score (nSPS) is 20.9. The maximum Gasteiger partial charge on any atom is 0.253 e. The predicted octanol–water partition coefficient (Wildman–Crippen LogP) is 4.64. The number of nitrogens with zero attached hydrogens (tertiary/aromatic N) is 3. The number of amides is 1. The van der Waals surface area contributed by atoms with Gasteiger partial charge in [0.05, 0.1) is 6.61 Å². The number of pyridine rings is 1. The number of fused-ring (bicyclic) bond motifs is 1. The number of benzene rings is 2. The molecule has 4 aromatic rings. The molecular formula is C31H33N5O2. The number of rotatable bonds is 4. The number of aromatic amines is 1. The molecule has 7 nitrogen and oxygen atoms in total. The molecule has 2 aromatic heterocycles. The molecule has 1 unspecified atom stereocenters. The fourth-order valence-corrected chi connectivity index (χ4v) is 6.49. The first-order valence-corrected chi connectivity index (χ1v) is 13.6. The van der Waals surface area contributed by atoms with Gasteiger partial charge in [-0.3, -0.25) is 4.79 Å². The van der Waals surface area contributed by atoms with Crippen molar-refractivity contribution in [3.05, 3.63) is 71.5 Å². The van der Waals surface area contributed by atoms with Crippen LogP contribution in [0.25, 0.3) is 33.3 Å². The number of carbonyl (C=O) groups excluding carboxylic acids is 1. The fourth-order valence-electron chi connectivity index (χ4n) is 6.49. The van der Waals surface area contributed by atoms with Crippen LogP contribution in [0.3, 0.4) is 0 Å². The van der Waals surface area contributed by atoms with Crippen molar-refractivity contribution >= 4 is 16.9 Å². The van der Waals surface area contributed by atoms with Gasteiger partial charge in [0, 0.05) is 78.2 Å². The van der Waals surface area contributed by atoms with Gasteiger partial charge in [0.25, 0.3) is 5.91 Å². The second-order valence-electron chi connectivity index (χ2n) is 11.0. The molecule has 7 heteroatoms. The van der Waals surface area contributed by atoms with Gasteiger partial charge in [-0.1, -0.05) is 12.1 Å². The van der Waals surface area contributed by atoms with E-state index in [4.69, 9.17) is 9.72 Å². The first-order valence-electron chi connectivity index (χ1n) is 13.6. The van der Waals surface area contributed by atoms with Crippen molar-refractivity contribution in [2.45, 2.75) is 31.3 Å². The molecule has 2 aromatic carbocycles. The van der Waals surface area contributed by atoms with E-state index in [1.807, 2.05) is 48.6 Å². The summed E-state index contributed by atoms with van der Waals surface area (Å²) in [5, 5.41) is 4.35. The zero-order valence-electron chi connectivity index (χ0n) is 22.0. The van der Waals surface area contributed by atoms with E-state index in [1.165, 1.54) is 11.1 Å². The number of carbonyl (C=O) groups is 1. The molecule has 0 spiro atoms. The first kappa shape index (κ1) is 23.4. The number of hydrogen-bond acceptors (Lipinski definition) is 5. The average Bonchev–Trinajstić information content (AvgIpc) is 3.60. The van der Waals surface area contributed by atoms with Gasteiger partial charge in [-0.15, -0.1) is 0 Å². The van der Waals surface area contributed by atoms with Crippen LogP contribution in [0, 0.1) is 0 Å². The molecule has 38 heavy (non-hydrogen) atoms. The molecule has 1 fully saturated rings. The lowest BCUT2D eigenvalue weighted by atomic mass is 9.84. The van der Waals surface area contributed by atoms with E-state index in [1.54, 1.807) is 0 Å². The zero-order valence-corrected chi connectivity index (χ0v) is 22.0. The third-order valence-electron chi connectivity index (χ3n) is 8.52. The van der Waals surface area contributed by atoms with Crippen LogP contribution in [0.5, 0.6) is 5.75 Å². The zero-order chi connectivity index (χ0) is 25.8. The summed E-state index contributed by atoms with van der Waals surface area (Å²) in [6.45, 7) is 4.39. The van der Waals surface area contributed by atoms with Crippen molar-refractivity contribution in [2.75, 3.05) is 40.3 Å². The highest BCUT2D eigenvalue weighted by molar-refractivity contribution is 5.98. The van der Waals surface area contributed by atoms with Gasteiger partial charge in [-0.05, 0) is 74.0 Å². The van der Waals surface area contributed by atoms with E-state index in [9.17, 15) is 4.79 Å². The highest BCUT2D eigenvalue weighted by atomic mass is 16.5. The van der Waals surface area contributed by atoms with Gasteiger partial charge in [-0.2, -0.15) is 0 Å². The van der Waals surface area contributed by atoms with Crippen molar-refractivity contribution < 1.29 is 9.53 Å². The highest BCUT2D eigenvalue weighted by Crippen LogP contribution is 2.43. The Balaban J connectivity index is 1.21. The number of ether oxygens (including phenoxy) is 1. The molecule has 194 valence electrons. The second-order valence-corrected chi connectivity index (χ2v) is 11.0. The van der Waals surface area contributed by atoms with Crippen LogP contribution in [0.2, 0.25) is 0 Å². The highest BCUT2D eigenvalue weighted by Gasteiger charge is 2.30. The number of nitrogens with one attached hydrogen (secondary N) is 2. The Bertz CT molecular complexity index is 1530. The predicted molar refractivity (Wildman–Crippen MR) is 150 cm³/mol. The largest absolute Gasteiger partial charge is 0.493 e. The Hall–Kier alpha value is -3.68. The van der Waals surface area contributed by atoms with Crippen molar-refractivity contribution in [1.29, 1.82) is 0 Å². The maximum atomic E-state index is 13.0. The lowest BCUT2D eigenvalue weighted by Gasteiger charge is -2.36. The molecule has 3 aliphatic rings. The second kappa shape index (κ2) is 9.26. The van der Waals surface area contributed by atoms with Crippen LogP contribution >= 0.6 is 0 Å². The number of aromatic nitrogens is 2. The Morgan fingerprint density at radius 3 is 2.76 bits per heavy atom. The number of likely N-dealkylation sites (N-methyl/N-ethyl adjacent to an activating group) is 2. The Morgan fingerprint density at radius 1 is 1.08 bits per heavy atom. The molecule has 0 saturated carbocycles. The first-order chi connectivity index (χ1) is 18.6. The van der Waals surface area contributed by atoms with Crippen molar-refractivity contribution in [3.8, 4) is 28.0 Å². The SMILES string of the molecule is CN[C@H]1CCN(C(=O)c2ccc(-c3c[nH]c4ncc(-c5cc6c7c(c5)OCCC7CN(C)C6)cc34)cc2)C1. The van der Waals surface area contributed by atoms with Crippen LogP contribution < -0.4 is 10.1 Å². The van der Waals surface area contributed by atoms with Gasteiger partial charge >= 0.3 is 0 Å². The number of likely N-dealkylation sites (tertiary alicyclic amines) is 1. The van der Waals surface area contributed by atoms with E-state index >= 15 is 0 Å². The molecule has 0 aliphatic carbocycles. The van der Waals surface area contributed by atoms with E-state index in [0.717, 1.165) is 90.2 Å². The summed E-state index contributed by atoms with van der Waals surface area (Å²) in [5.41, 5.74) is 8.72. The molecule has 0 bridgehead atoms. The van der Waals surface area contributed by atoms with Crippen molar-refractivity contribution in [2.24, 2.45) is 0 Å². The molecule has 1 amide bonds. The van der Waals surface area contributed by atoms with Gasteiger partial charge in [0.1, 0.15) is 11.4 Å². The maximum absolute atomic E-state index is 13.0. The van der Waals surface area contributed by atoms with Crippen LogP contribution in [0.4, 0.5) is 0 Å². The summed E-state index contributed by atoms with van der Waals surface area (Å²) in [7, 11) is 4.16. The summed E-state index contributed by atoms with van der Waals surface area (Å²) in [6.07, 6.45) is 6.04. The summed E-state index contributed by atoms with van der Waals surface area (Å²) in [6, 6.07) is 15.1. The molecule has 2 N–H and O–H groups in total. The molecule has 0 radical (unpaired) electrons. The van der Waals surface area contributed by atoms with Crippen LogP contribution in [-0.4, -0.2) is 72.1 Å². The molecule has 1 saturated heterocycles. The van der Waals surface area contributed by atoms with Gasteiger partial charge in [0.2, 0.25) is 0 Å². The lowest BCUT2D eigenvalue weighted by molar-refractivity contribution is 0.0789. The standard InChI is InChI=1S/C31H33N5O2/c1-32-25-7-9-36(18-25)31(37)20-5-3-19(4-6-20)27-15-34-30-26(27)12-23(14-33-30)22-11-24-17-35(2)16-21-8-10-38-28(13-22)29(21)24/h3-6,11-15,21,25,32H,7-10,16-18H2,1-2H3,(H,33,34)/t21?,25-/m0/s1. The quantitative estimate of drug-likeness (QED) is 0.421. The van der Waals surface area contributed by atoms with Gasteiger partial charge in [-0.25, -0.2) is 4.98 Å². The minimum absolute atomic E-state index is 0.101. The molecule has 7 rings (SSSR count). The average molecular weight is 508 g/mol. The number of H-pyrrole nitrogens is 1.